The molecule has 1 aromatic carbocycles. The predicted molar refractivity (Wildman–Crippen MR) is 77.8 cm³/mol. The van der Waals surface area contributed by atoms with Crippen LogP contribution in [0.25, 0.3) is 0 Å². The minimum absolute atomic E-state index is 0.665. The molecule has 0 bridgehead atoms. The van der Waals surface area contributed by atoms with E-state index in [1.165, 1.54) is 18.4 Å². The number of methoxy groups -OCH3 is 1. The Morgan fingerprint density at radius 2 is 2.11 bits per heavy atom. The molecule has 3 heteroatoms. The lowest BCUT2D eigenvalue weighted by molar-refractivity contribution is 0.284. The monoisotopic (exact) mass is 263 g/mol. The first kappa shape index (κ1) is 14.2. The molecule has 0 radical (unpaired) electrons. The molecule has 0 aliphatic heterocycles. The van der Waals surface area contributed by atoms with Gasteiger partial charge in [-0.25, -0.2) is 0 Å². The van der Waals surface area contributed by atoms with Crippen molar-refractivity contribution in [1.29, 1.82) is 0 Å². The van der Waals surface area contributed by atoms with Crippen LogP contribution in [-0.2, 0) is 6.54 Å². The molecule has 2 rings (SSSR count). The fraction of sp³-hybridized carbons (Fsp3) is 0.625. The summed E-state index contributed by atoms with van der Waals surface area (Å²) in [6, 6.07) is 6.80. The van der Waals surface area contributed by atoms with Gasteiger partial charge in [-0.15, -0.1) is 0 Å². The van der Waals surface area contributed by atoms with Gasteiger partial charge in [-0.05, 0) is 31.2 Å². The number of rotatable bonds is 8. The largest absolute Gasteiger partial charge is 0.497 e. The van der Waals surface area contributed by atoms with Gasteiger partial charge in [0.15, 0.2) is 0 Å². The number of hydrogen-bond donors (Lipinski definition) is 1. The van der Waals surface area contributed by atoms with Crippen molar-refractivity contribution in [3.63, 3.8) is 0 Å². The predicted octanol–water partition coefficient (Wildman–Crippen LogP) is 3.37. The van der Waals surface area contributed by atoms with Gasteiger partial charge in [-0.1, -0.05) is 19.9 Å². The lowest BCUT2D eigenvalue weighted by atomic mass is 10.1. The first-order valence-electron chi connectivity index (χ1n) is 7.22. The fourth-order valence-electron chi connectivity index (χ4n) is 1.89. The van der Waals surface area contributed by atoms with Gasteiger partial charge >= 0.3 is 0 Å². The van der Waals surface area contributed by atoms with E-state index in [0.717, 1.165) is 31.1 Å². The molecule has 0 spiro atoms. The van der Waals surface area contributed by atoms with Gasteiger partial charge in [0.1, 0.15) is 11.5 Å². The second kappa shape index (κ2) is 6.80. The maximum atomic E-state index is 5.92. The van der Waals surface area contributed by atoms with Gasteiger partial charge in [-0.2, -0.15) is 0 Å². The summed E-state index contributed by atoms with van der Waals surface area (Å²) in [7, 11) is 1.69. The molecular weight excluding hydrogens is 238 g/mol. The number of hydrogen-bond acceptors (Lipinski definition) is 3. The minimum Gasteiger partial charge on any atom is -0.497 e. The van der Waals surface area contributed by atoms with E-state index in [1.807, 2.05) is 12.1 Å². The molecule has 0 saturated heterocycles. The van der Waals surface area contributed by atoms with Crippen LogP contribution in [0.15, 0.2) is 18.2 Å². The Morgan fingerprint density at radius 1 is 1.32 bits per heavy atom. The Labute approximate surface area is 116 Å². The van der Waals surface area contributed by atoms with E-state index in [4.69, 9.17) is 9.47 Å². The van der Waals surface area contributed by atoms with Crippen molar-refractivity contribution < 1.29 is 9.47 Å². The van der Waals surface area contributed by atoms with Crippen molar-refractivity contribution in [2.24, 2.45) is 5.92 Å². The number of ether oxygens (including phenoxy) is 2. The van der Waals surface area contributed by atoms with E-state index >= 15 is 0 Å². The normalized spacial score (nSPS) is 14.7. The van der Waals surface area contributed by atoms with Gasteiger partial charge in [-0.3, -0.25) is 0 Å². The van der Waals surface area contributed by atoms with Crippen LogP contribution in [0.4, 0.5) is 0 Å². The Bertz CT molecular complexity index is 400. The average molecular weight is 263 g/mol. The minimum atomic E-state index is 0.665. The van der Waals surface area contributed by atoms with Gasteiger partial charge in [0, 0.05) is 24.2 Å². The molecular formula is C16H25NO2. The second-order valence-corrected chi connectivity index (χ2v) is 5.66. The smallest absolute Gasteiger partial charge is 0.127 e. The van der Waals surface area contributed by atoms with Crippen molar-refractivity contribution in [1.82, 2.24) is 5.32 Å². The lowest BCUT2D eigenvalue weighted by Gasteiger charge is -2.14. The van der Waals surface area contributed by atoms with E-state index in [2.05, 4.69) is 25.2 Å². The fourth-order valence-corrected chi connectivity index (χ4v) is 1.89. The summed E-state index contributed by atoms with van der Waals surface area (Å²) < 4.78 is 11.2. The van der Waals surface area contributed by atoms with E-state index in [-0.39, 0.29) is 0 Å². The summed E-state index contributed by atoms with van der Waals surface area (Å²) in [4.78, 5) is 0. The molecule has 0 unspecified atom stereocenters. The average Bonchev–Trinajstić information content (AvgIpc) is 3.20. The van der Waals surface area contributed by atoms with Crippen LogP contribution in [0.2, 0.25) is 0 Å². The summed E-state index contributed by atoms with van der Waals surface area (Å²) >= 11 is 0. The maximum Gasteiger partial charge on any atom is 0.127 e. The van der Waals surface area contributed by atoms with Crippen molar-refractivity contribution in [2.75, 3.05) is 13.7 Å². The maximum absolute atomic E-state index is 5.92. The van der Waals surface area contributed by atoms with Gasteiger partial charge in [0.05, 0.1) is 13.7 Å². The van der Waals surface area contributed by atoms with E-state index < -0.39 is 0 Å². The number of nitrogens with one attached hydrogen (secondary N) is 1. The summed E-state index contributed by atoms with van der Waals surface area (Å²) in [5.41, 5.74) is 1.22. The molecule has 106 valence electrons. The molecule has 0 atom stereocenters. The first-order chi connectivity index (χ1) is 9.19. The van der Waals surface area contributed by atoms with Crippen molar-refractivity contribution >= 4 is 0 Å². The van der Waals surface area contributed by atoms with Crippen molar-refractivity contribution in [3.8, 4) is 11.5 Å². The highest BCUT2D eigenvalue weighted by Crippen LogP contribution is 2.27. The zero-order valence-corrected chi connectivity index (χ0v) is 12.2. The number of benzene rings is 1. The molecule has 0 heterocycles. The van der Waals surface area contributed by atoms with Crippen LogP contribution in [0.3, 0.4) is 0 Å². The third-order valence-corrected chi connectivity index (χ3v) is 3.39. The van der Waals surface area contributed by atoms with Crippen LogP contribution >= 0.6 is 0 Å². The molecule has 1 saturated carbocycles. The molecule has 1 aliphatic rings. The highest BCUT2D eigenvalue weighted by Gasteiger charge is 2.20. The Kier molecular flexibility index (Phi) is 5.08. The van der Waals surface area contributed by atoms with Crippen LogP contribution in [0, 0.1) is 5.92 Å². The van der Waals surface area contributed by atoms with E-state index in [1.54, 1.807) is 7.11 Å². The third-order valence-electron chi connectivity index (χ3n) is 3.39. The molecule has 1 N–H and O–H groups in total. The zero-order valence-electron chi connectivity index (χ0n) is 12.2. The molecule has 1 fully saturated rings. The van der Waals surface area contributed by atoms with Gasteiger partial charge in [0.2, 0.25) is 0 Å². The second-order valence-electron chi connectivity index (χ2n) is 5.66. The summed E-state index contributed by atoms with van der Waals surface area (Å²) in [5.74, 6) is 2.47. The highest BCUT2D eigenvalue weighted by molar-refractivity contribution is 5.40. The Hall–Kier alpha value is -1.22. The van der Waals surface area contributed by atoms with E-state index in [9.17, 15) is 0 Å². The Morgan fingerprint density at radius 3 is 2.74 bits per heavy atom. The topological polar surface area (TPSA) is 30.5 Å². The lowest BCUT2D eigenvalue weighted by Crippen LogP contribution is -2.16. The summed E-state index contributed by atoms with van der Waals surface area (Å²) in [6.45, 7) is 6.07. The third kappa shape index (κ3) is 4.75. The van der Waals surface area contributed by atoms with Crippen LogP contribution < -0.4 is 14.8 Å². The van der Waals surface area contributed by atoms with Crippen molar-refractivity contribution in [2.45, 2.75) is 45.7 Å². The molecule has 0 aromatic heterocycles. The zero-order chi connectivity index (χ0) is 13.7. The van der Waals surface area contributed by atoms with Crippen molar-refractivity contribution in [3.05, 3.63) is 23.8 Å². The first-order valence-corrected chi connectivity index (χ1v) is 7.22. The van der Waals surface area contributed by atoms with Crippen LogP contribution in [-0.4, -0.2) is 19.8 Å². The standard InChI is InChI=1S/C16H25NO2/c1-12(2)8-9-19-16-10-15(18-3)7-4-13(16)11-17-14-5-6-14/h4,7,10,12,14,17H,5-6,8-9,11H2,1-3H3. The summed E-state index contributed by atoms with van der Waals surface area (Å²) in [5, 5.41) is 3.53. The van der Waals surface area contributed by atoms with Crippen LogP contribution in [0.1, 0.15) is 38.7 Å². The SMILES string of the molecule is COc1ccc(CNC2CC2)c(OCCC(C)C)c1. The Balaban J connectivity index is 1.97. The molecule has 3 nitrogen and oxygen atoms in total. The summed E-state index contributed by atoms with van der Waals surface area (Å²) in [6.07, 6.45) is 3.69. The van der Waals surface area contributed by atoms with E-state index in [0.29, 0.717) is 12.0 Å². The van der Waals surface area contributed by atoms with Crippen LogP contribution in [0.5, 0.6) is 11.5 Å². The highest BCUT2D eigenvalue weighted by atomic mass is 16.5. The molecule has 1 aliphatic carbocycles. The molecule has 1 aromatic rings. The molecule has 0 amide bonds. The van der Waals surface area contributed by atoms with Gasteiger partial charge < -0.3 is 14.8 Å². The molecule has 19 heavy (non-hydrogen) atoms. The van der Waals surface area contributed by atoms with Gasteiger partial charge in [0.25, 0.3) is 0 Å². The quantitative estimate of drug-likeness (QED) is 0.780.